The fraction of sp³-hybridized carbons (Fsp3) is 0.600. The van der Waals surface area contributed by atoms with Crippen LogP contribution in [0, 0.1) is 5.92 Å². The highest BCUT2D eigenvalue weighted by Crippen LogP contribution is 2.31. The molecule has 1 aromatic rings. The molecule has 2 nitrogen and oxygen atoms in total. The Hall–Kier alpha value is -0.440. The third-order valence-electron chi connectivity index (χ3n) is 4.03. The SMILES string of the molecule is CCN1CCCC(C(C)Nc2cccc(Cl)c2Cl)C1. The summed E-state index contributed by atoms with van der Waals surface area (Å²) in [6.45, 7) is 8.01. The largest absolute Gasteiger partial charge is 0.381 e. The van der Waals surface area contributed by atoms with E-state index in [1.807, 2.05) is 18.2 Å². The van der Waals surface area contributed by atoms with Crippen LogP contribution in [0.2, 0.25) is 10.0 Å². The van der Waals surface area contributed by atoms with Crippen LogP contribution in [-0.4, -0.2) is 30.6 Å². The van der Waals surface area contributed by atoms with Crippen LogP contribution in [0.5, 0.6) is 0 Å². The number of likely N-dealkylation sites (tertiary alicyclic amines) is 1. The Labute approximate surface area is 126 Å². The minimum Gasteiger partial charge on any atom is -0.381 e. The molecule has 106 valence electrons. The highest BCUT2D eigenvalue weighted by Gasteiger charge is 2.24. The Kier molecular flexibility index (Phi) is 5.37. The number of anilines is 1. The zero-order valence-corrected chi connectivity index (χ0v) is 13.1. The van der Waals surface area contributed by atoms with Crippen molar-refractivity contribution in [2.75, 3.05) is 25.0 Å². The molecule has 2 rings (SSSR count). The second kappa shape index (κ2) is 6.83. The highest BCUT2D eigenvalue weighted by molar-refractivity contribution is 6.43. The third kappa shape index (κ3) is 3.77. The number of piperidine rings is 1. The predicted octanol–water partition coefficient (Wildman–Crippen LogP) is 4.53. The topological polar surface area (TPSA) is 15.3 Å². The summed E-state index contributed by atoms with van der Waals surface area (Å²) < 4.78 is 0. The van der Waals surface area contributed by atoms with Crippen molar-refractivity contribution in [2.24, 2.45) is 5.92 Å². The summed E-state index contributed by atoms with van der Waals surface area (Å²) in [5.41, 5.74) is 0.940. The van der Waals surface area contributed by atoms with Crippen LogP contribution in [0.1, 0.15) is 26.7 Å². The molecule has 0 amide bonds. The molecule has 1 aliphatic heterocycles. The van der Waals surface area contributed by atoms with E-state index in [4.69, 9.17) is 23.2 Å². The minimum absolute atomic E-state index is 0.408. The van der Waals surface area contributed by atoms with E-state index in [9.17, 15) is 0 Å². The van der Waals surface area contributed by atoms with Crippen LogP contribution in [0.4, 0.5) is 5.69 Å². The first-order chi connectivity index (χ1) is 9.11. The smallest absolute Gasteiger partial charge is 0.0823 e. The van der Waals surface area contributed by atoms with Gasteiger partial charge in [0.2, 0.25) is 0 Å². The van der Waals surface area contributed by atoms with Gasteiger partial charge in [-0.2, -0.15) is 0 Å². The van der Waals surface area contributed by atoms with E-state index < -0.39 is 0 Å². The Morgan fingerprint density at radius 2 is 2.21 bits per heavy atom. The molecule has 2 unspecified atom stereocenters. The van der Waals surface area contributed by atoms with Crippen LogP contribution in [0.3, 0.4) is 0 Å². The summed E-state index contributed by atoms with van der Waals surface area (Å²) >= 11 is 12.3. The summed E-state index contributed by atoms with van der Waals surface area (Å²) in [5, 5.41) is 4.76. The molecule has 4 heteroatoms. The van der Waals surface area contributed by atoms with E-state index in [0.717, 1.165) is 12.2 Å². The summed E-state index contributed by atoms with van der Waals surface area (Å²) in [4.78, 5) is 2.52. The second-order valence-electron chi connectivity index (χ2n) is 5.33. The van der Waals surface area contributed by atoms with Crippen molar-refractivity contribution < 1.29 is 0 Å². The number of benzene rings is 1. The van der Waals surface area contributed by atoms with Gasteiger partial charge in [-0.15, -0.1) is 0 Å². The summed E-state index contributed by atoms with van der Waals surface area (Å²) in [5.74, 6) is 0.670. The van der Waals surface area contributed by atoms with E-state index in [1.165, 1.54) is 25.9 Å². The maximum absolute atomic E-state index is 6.23. The predicted molar refractivity (Wildman–Crippen MR) is 84.4 cm³/mol. The van der Waals surface area contributed by atoms with E-state index in [0.29, 0.717) is 22.0 Å². The number of halogens is 2. The van der Waals surface area contributed by atoms with Gasteiger partial charge in [0.25, 0.3) is 0 Å². The zero-order chi connectivity index (χ0) is 13.8. The molecule has 1 N–H and O–H groups in total. The average Bonchev–Trinajstić information content (AvgIpc) is 2.44. The van der Waals surface area contributed by atoms with Crippen LogP contribution in [0.25, 0.3) is 0 Å². The molecule has 1 aromatic carbocycles. The Morgan fingerprint density at radius 3 is 2.95 bits per heavy atom. The van der Waals surface area contributed by atoms with Gasteiger partial charge in [0.15, 0.2) is 0 Å². The van der Waals surface area contributed by atoms with Gasteiger partial charge in [-0.25, -0.2) is 0 Å². The molecule has 0 aromatic heterocycles. The molecular formula is C15H22Cl2N2. The molecule has 19 heavy (non-hydrogen) atoms. The molecule has 1 heterocycles. The van der Waals surface area contributed by atoms with Gasteiger partial charge < -0.3 is 10.2 Å². The van der Waals surface area contributed by atoms with Crippen molar-refractivity contribution in [3.63, 3.8) is 0 Å². The zero-order valence-electron chi connectivity index (χ0n) is 11.6. The van der Waals surface area contributed by atoms with Gasteiger partial charge in [-0.1, -0.05) is 36.2 Å². The van der Waals surface area contributed by atoms with Crippen molar-refractivity contribution in [2.45, 2.75) is 32.7 Å². The van der Waals surface area contributed by atoms with Crippen molar-refractivity contribution in [3.8, 4) is 0 Å². The third-order valence-corrected chi connectivity index (χ3v) is 4.85. The van der Waals surface area contributed by atoms with Gasteiger partial charge in [-0.05, 0) is 50.9 Å². The molecule has 0 radical (unpaired) electrons. The molecule has 0 aliphatic carbocycles. The van der Waals surface area contributed by atoms with Crippen molar-refractivity contribution in [3.05, 3.63) is 28.2 Å². The van der Waals surface area contributed by atoms with Gasteiger partial charge in [0.1, 0.15) is 0 Å². The standard InChI is InChI=1S/C15H22Cl2N2/c1-3-19-9-5-6-12(10-19)11(2)18-14-8-4-7-13(16)15(14)17/h4,7-8,11-12,18H,3,5-6,9-10H2,1-2H3. The molecule has 1 aliphatic rings. The molecule has 0 bridgehead atoms. The first-order valence-electron chi connectivity index (χ1n) is 7.04. The molecule has 2 atom stereocenters. The van der Waals surface area contributed by atoms with Crippen LogP contribution >= 0.6 is 23.2 Å². The van der Waals surface area contributed by atoms with E-state index >= 15 is 0 Å². The number of nitrogens with one attached hydrogen (secondary N) is 1. The summed E-state index contributed by atoms with van der Waals surface area (Å²) in [6, 6.07) is 6.15. The lowest BCUT2D eigenvalue weighted by Crippen LogP contribution is -2.41. The lowest BCUT2D eigenvalue weighted by Gasteiger charge is -2.35. The molecule has 0 saturated carbocycles. The van der Waals surface area contributed by atoms with Crippen LogP contribution in [-0.2, 0) is 0 Å². The Bertz CT molecular complexity index is 423. The average molecular weight is 301 g/mol. The van der Waals surface area contributed by atoms with Crippen molar-refractivity contribution in [1.82, 2.24) is 4.90 Å². The van der Waals surface area contributed by atoms with Crippen molar-refractivity contribution >= 4 is 28.9 Å². The van der Waals surface area contributed by atoms with E-state index in [2.05, 4.69) is 24.1 Å². The normalized spacial score (nSPS) is 22.2. The first kappa shape index (κ1) is 15.0. The fourth-order valence-corrected chi connectivity index (χ4v) is 3.12. The lowest BCUT2D eigenvalue weighted by molar-refractivity contribution is 0.172. The number of hydrogen-bond acceptors (Lipinski definition) is 2. The minimum atomic E-state index is 0.408. The number of nitrogens with zero attached hydrogens (tertiary/aromatic N) is 1. The maximum Gasteiger partial charge on any atom is 0.0823 e. The number of hydrogen-bond donors (Lipinski definition) is 1. The molecular weight excluding hydrogens is 279 g/mol. The van der Waals surface area contributed by atoms with E-state index in [1.54, 1.807) is 0 Å². The van der Waals surface area contributed by atoms with Gasteiger partial charge in [-0.3, -0.25) is 0 Å². The van der Waals surface area contributed by atoms with Crippen molar-refractivity contribution in [1.29, 1.82) is 0 Å². The lowest BCUT2D eigenvalue weighted by atomic mass is 9.91. The van der Waals surface area contributed by atoms with Crippen LogP contribution < -0.4 is 5.32 Å². The highest BCUT2D eigenvalue weighted by atomic mass is 35.5. The van der Waals surface area contributed by atoms with Crippen LogP contribution in [0.15, 0.2) is 18.2 Å². The van der Waals surface area contributed by atoms with Gasteiger partial charge in [0, 0.05) is 12.6 Å². The Morgan fingerprint density at radius 1 is 1.42 bits per heavy atom. The maximum atomic E-state index is 6.23. The Balaban J connectivity index is 2.00. The van der Waals surface area contributed by atoms with Gasteiger partial charge >= 0.3 is 0 Å². The second-order valence-corrected chi connectivity index (χ2v) is 6.12. The summed E-state index contributed by atoms with van der Waals surface area (Å²) in [6.07, 6.45) is 2.57. The van der Waals surface area contributed by atoms with E-state index in [-0.39, 0.29) is 0 Å². The molecule has 1 fully saturated rings. The summed E-state index contributed by atoms with van der Waals surface area (Å²) in [7, 11) is 0. The molecule has 1 saturated heterocycles. The monoisotopic (exact) mass is 300 g/mol. The molecule has 0 spiro atoms. The fourth-order valence-electron chi connectivity index (χ4n) is 2.77. The first-order valence-corrected chi connectivity index (χ1v) is 7.80. The number of rotatable bonds is 4. The van der Waals surface area contributed by atoms with Gasteiger partial charge in [0.05, 0.1) is 15.7 Å². The quantitative estimate of drug-likeness (QED) is 0.879.